The highest BCUT2D eigenvalue weighted by Crippen LogP contribution is 2.44. The fourth-order valence-corrected chi connectivity index (χ4v) is 3.30. The predicted octanol–water partition coefficient (Wildman–Crippen LogP) is 5.19. The van der Waals surface area contributed by atoms with Gasteiger partial charge in [0.05, 0.1) is 0 Å². The van der Waals surface area contributed by atoms with Crippen LogP contribution in [0.3, 0.4) is 0 Å². The molecule has 26 heavy (non-hydrogen) atoms. The van der Waals surface area contributed by atoms with Crippen LogP contribution >= 0.6 is 0 Å². The van der Waals surface area contributed by atoms with E-state index in [1.165, 1.54) is 13.8 Å². The van der Waals surface area contributed by atoms with Crippen molar-refractivity contribution in [3.8, 4) is 11.5 Å². The van der Waals surface area contributed by atoms with Crippen LogP contribution in [0.1, 0.15) is 39.2 Å². The van der Waals surface area contributed by atoms with Gasteiger partial charge >= 0.3 is 11.9 Å². The molecule has 0 saturated heterocycles. The third-order valence-corrected chi connectivity index (χ3v) is 4.33. The first-order valence-corrected chi connectivity index (χ1v) is 8.86. The van der Waals surface area contributed by atoms with E-state index < -0.39 is 0 Å². The van der Waals surface area contributed by atoms with Crippen LogP contribution in [-0.2, 0) is 16.0 Å². The van der Waals surface area contributed by atoms with Crippen LogP contribution in [0.2, 0.25) is 0 Å². The lowest BCUT2D eigenvalue weighted by Gasteiger charge is -2.18. The number of carbonyl (C=O) groups is 2. The zero-order valence-corrected chi connectivity index (χ0v) is 15.3. The van der Waals surface area contributed by atoms with Crippen molar-refractivity contribution in [3.05, 3.63) is 48.0 Å². The Morgan fingerprint density at radius 1 is 0.808 bits per heavy atom. The molecule has 0 fully saturated rings. The number of benzene rings is 3. The summed E-state index contributed by atoms with van der Waals surface area (Å²) < 4.78 is 11.2. The number of hydrogen-bond acceptors (Lipinski definition) is 4. The molecule has 0 aliphatic carbocycles. The second-order valence-corrected chi connectivity index (χ2v) is 6.33. The van der Waals surface area contributed by atoms with Crippen molar-refractivity contribution in [3.63, 3.8) is 0 Å². The summed E-state index contributed by atoms with van der Waals surface area (Å²) in [7, 11) is 0. The Hall–Kier alpha value is -2.88. The zero-order valence-electron chi connectivity index (χ0n) is 15.3. The molecule has 4 heteroatoms. The third-order valence-electron chi connectivity index (χ3n) is 4.33. The number of rotatable bonds is 5. The fraction of sp³-hybridized carbons (Fsp3) is 0.273. The van der Waals surface area contributed by atoms with Crippen molar-refractivity contribution in [2.24, 2.45) is 0 Å². The Bertz CT molecular complexity index is 988. The molecule has 3 aromatic rings. The molecule has 0 aromatic heterocycles. The summed E-state index contributed by atoms with van der Waals surface area (Å²) in [6, 6.07) is 13.4. The molecule has 0 saturated carbocycles. The summed E-state index contributed by atoms with van der Waals surface area (Å²) >= 11 is 0. The molecule has 0 atom stereocenters. The highest BCUT2D eigenvalue weighted by Gasteiger charge is 2.20. The van der Waals surface area contributed by atoms with Crippen molar-refractivity contribution in [2.45, 2.75) is 40.0 Å². The lowest BCUT2D eigenvalue weighted by atomic mass is 9.94. The topological polar surface area (TPSA) is 52.6 Å². The molecule has 0 bridgehead atoms. The molecule has 0 amide bonds. The molecule has 0 spiro atoms. The Morgan fingerprint density at radius 2 is 1.38 bits per heavy atom. The summed E-state index contributed by atoms with van der Waals surface area (Å²) in [4.78, 5) is 23.5. The van der Waals surface area contributed by atoms with E-state index in [-0.39, 0.29) is 11.9 Å². The zero-order chi connectivity index (χ0) is 18.7. The van der Waals surface area contributed by atoms with Gasteiger partial charge in [-0.05, 0) is 18.4 Å². The molecule has 0 aliphatic heterocycles. The number of ether oxygens (including phenoxy) is 2. The van der Waals surface area contributed by atoms with E-state index in [0.717, 1.165) is 46.4 Å². The van der Waals surface area contributed by atoms with Gasteiger partial charge in [-0.15, -0.1) is 0 Å². The van der Waals surface area contributed by atoms with Gasteiger partial charge in [0.15, 0.2) is 0 Å². The number of esters is 2. The average Bonchev–Trinajstić information content (AvgIpc) is 2.61. The van der Waals surface area contributed by atoms with Crippen molar-refractivity contribution in [2.75, 3.05) is 0 Å². The van der Waals surface area contributed by atoms with Gasteiger partial charge in [0.2, 0.25) is 0 Å². The minimum Gasteiger partial charge on any atom is -0.425 e. The van der Waals surface area contributed by atoms with Gasteiger partial charge in [-0.3, -0.25) is 9.59 Å². The van der Waals surface area contributed by atoms with Crippen LogP contribution in [0.4, 0.5) is 0 Å². The second-order valence-electron chi connectivity index (χ2n) is 6.33. The predicted molar refractivity (Wildman–Crippen MR) is 103 cm³/mol. The Morgan fingerprint density at radius 3 is 2.00 bits per heavy atom. The van der Waals surface area contributed by atoms with Crippen LogP contribution in [-0.4, -0.2) is 11.9 Å². The third kappa shape index (κ3) is 3.40. The maximum atomic E-state index is 11.8. The maximum absolute atomic E-state index is 11.8. The van der Waals surface area contributed by atoms with Crippen LogP contribution in [0, 0.1) is 0 Å². The van der Waals surface area contributed by atoms with Gasteiger partial charge in [-0.1, -0.05) is 55.8 Å². The fourth-order valence-electron chi connectivity index (χ4n) is 3.30. The first kappa shape index (κ1) is 17.9. The number of hydrogen-bond donors (Lipinski definition) is 0. The molecule has 3 rings (SSSR count). The van der Waals surface area contributed by atoms with Gasteiger partial charge in [0.25, 0.3) is 0 Å². The Balaban J connectivity index is 2.45. The molecule has 0 N–H and O–H groups in total. The Labute approximate surface area is 152 Å². The quantitative estimate of drug-likeness (QED) is 0.361. The second kappa shape index (κ2) is 7.56. The molecule has 3 aromatic carbocycles. The number of fused-ring (bicyclic) bond motifs is 2. The monoisotopic (exact) mass is 350 g/mol. The summed E-state index contributed by atoms with van der Waals surface area (Å²) in [5, 5.41) is 3.13. The molecule has 134 valence electrons. The summed E-state index contributed by atoms with van der Waals surface area (Å²) in [5.41, 5.74) is 1.08. The van der Waals surface area contributed by atoms with Gasteiger partial charge in [-0.25, -0.2) is 0 Å². The maximum Gasteiger partial charge on any atom is 0.308 e. The number of unbranched alkanes of at least 4 members (excludes halogenated alkanes) is 1. The van der Waals surface area contributed by atoms with E-state index >= 15 is 0 Å². The number of aryl methyl sites for hydroxylation is 1. The van der Waals surface area contributed by atoms with Gasteiger partial charge in [0.1, 0.15) is 11.5 Å². The van der Waals surface area contributed by atoms with Crippen molar-refractivity contribution in [1.29, 1.82) is 0 Å². The summed E-state index contributed by atoms with van der Waals surface area (Å²) in [5.74, 6) is 0.292. The van der Waals surface area contributed by atoms with Crippen LogP contribution < -0.4 is 9.47 Å². The van der Waals surface area contributed by atoms with Crippen molar-refractivity contribution in [1.82, 2.24) is 0 Å². The smallest absolute Gasteiger partial charge is 0.308 e. The molecule has 0 aliphatic rings. The lowest BCUT2D eigenvalue weighted by Crippen LogP contribution is -2.07. The van der Waals surface area contributed by atoms with E-state index in [0.29, 0.717) is 11.5 Å². The molecule has 4 nitrogen and oxygen atoms in total. The van der Waals surface area contributed by atoms with Gasteiger partial charge in [0, 0.05) is 35.4 Å². The van der Waals surface area contributed by atoms with Crippen LogP contribution in [0.15, 0.2) is 42.5 Å². The van der Waals surface area contributed by atoms with E-state index in [4.69, 9.17) is 9.47 Å². The van der Waals surface area contributed by atoms with Crippen molar-refractivity contribution < 1.29 is 19.1 Å². The standard InChI is InChI=1S/C22H22O4/c1-4-5-9-16-10-8-13-19-20(16)22(26-15(3)24)18-12-7-6-11-17(18)21(19)25-14(2)23/h6-8,10-13H,4-5,9H2,1-3H3. The van der Waals surface area contributed by atoms with Gasteiger partial charge < -0.3 is 9.47 Å². The Kier molecular flexibility index (Phi) is 5.21. The summed E-state index contributed by atoms with van der Waals surface area (Å²) in [6.45, 7) is 4.93. The number of carbonyl (C=O) groups excluding carboxylic acids is 2. The van der Waals surface area contributed by atoms with E-state index in [9.17, 15) is 9.59 Å². The molecule has 0 heterocycles. The van der Waals surface area contributed by atoms with Crippen LogP contribution in [0.5, 0.6) is 11.5 Å². The lowest BCUT2D eigenvalue weighted by molar-refractivity contribution is -0.132. The normalized spacial score (nSPS) is 10.9. The largest absolute Gasteiger partial charge is 0.425 e. The molecule has 0 unspecified atom stereocenters. The van der Waals surface area contributed by atoms with E-state index in [1.807, 2.05) is 42.5 Å². The van der Waals surface area contributed by atoms with Gasteiger partial charge in [-0.2, -0.15) is 0 Å². The SMILES string of the molecule is CCCCc1cccc2c(OC(C)=O)c3ccccc3c(OC(C)=O)c12. The first-order valence-electron chi connectivity index (χ1n) is 8.86. The molecule has 0 radical (unpaired) electrons. The highest BCUT2D eigenvalue weighted by molar-refractivity contribution is 6.13. The average molecular weight is 350 g/mol. The summed E-state index contributed by atoms with van der Waals surface area (Å²) in [6.07, 6.45) is 2.94. The minimum absolute atomic E-state index is 0.373. The van der Waals surface area contributed by atoms with Crippen LogP contribution in [0.25, 0.3) is 21.5 Å². The van der Waals surface area contributed by atoms with E-state index in [2.05, 4.69) is 6.92 Å². The highest BCUT2D eigenvalue weighted by atomic mass is 16.5. The minimum atomic E-state index is -0.379. The first-order chi connectivity index (χ1) is 12.5. The van der Waals surface area contributed by atoms with Crippen molar-refractivity contribution >= 4 is 33.5 Å². The molecular weight excluding hydrogens is 328 g/mol. The molecular formula is C22H22O4. The van der Waals surface area contributed by atoms with E-state index in [1.54, 1.807) is 0 Å².